The SMILES string of the molecule is CCOc1ccc(-c2nc3ccc(C(=O)N[C@@H](C)CC)cc3nc2-c2ccc(OCC)cc2)cc1. The maximum atomic E-state index is 12.7. The Morgan fingerprint density at radius 2 is 1.29 bits per heavy atom. The van der Waals surface area contributed by atoms with Crippen molar-refractivity contribution in [3.63, 3.8) is 0 Å². The summed E-state index contributed by atoms with van der Waals surface area (Å²) in [4.78, 5) is 22.7. The molecule has 1 heterocycles. The summed E-state index contributed by atoms with van der Waals surface area (Å²) in [5.41, 5.74) is 5.32. The van der Waals surface area contributed by atoms with Gasteiger partial charge in [-0.2, -0.15) is 0 Å². The second-order valence-electron chi connectivity index (χ2n) is 8.32. The lowest BCUT2D eigenvalue weighted by Gasteiger charge is -2.14. The number of fused-ring (bicyclic) bond motifs is 1. The number of carbonyl (C=O) groups is 1. The van der Waals surface area contributed by atoms with Gasteiger partial charge in [-0.05, 0) is 93.9 Å². The quantitative estimate of drug-likeness (QED) is 0.312. The molecule has 0 bridgehead atoms. The second-order valence-corrected chi connectivity index (χ2v) is 8.32. The summed E-state index contributed by atoms with van der Waals surface area (Å²) in [5.74, 6) is 1.50. The molecular formula is C29H31N3O3. The van der Waals surface area contributed by atoms with Crippen molar-refractivity contribution < 1.29 is 14.3 Å². The number of aromatic nitrogens is 2. The molecule has 4 rings (SSSR count). The number of ether oxygens (including phenoxy) is 2. The fraction of sp³-hybridized carbons (Fsp3) is 0.276. The normalized spacial score (nSPS) is 11.8. The van der Waals surface area contributed by atoms with Gasteiger partial charge in [0.25, 0.3) is 5.91 Å². The largest absolute Gasteiger partial charge is 0.494 e. The van der Waals surface area contributed by atoms with E-state index >= 15 is 0 Å². The number of nitrogens with one attached hydrogen (secondary N) is 1. The molecule has 1 amide bonds. The van der Waals surface area contributed by atoms with Gasteiger partial charge >= 0.3 is 0 Å². The smallest absolute Gasteiger partial charge is 0.251 e. The number of benzene rings is 3. The van der Waals surface area contributed by atoms with Crippen LogP contribution in [0, 0.1) is 0 Å². The van der Waals surface area contributed by atoms with E-state index in [1.54, 1.807) is 12.1 Å². The Bertz CT molecular complexity index is 1300. The Balaban J connectivity index is 1.82. The third kappa shape index (κ3) is 5.60. The number of nitrogens with zero attached hydrogens (tertiary/aromatic N) is 2. The van der Waals surface area contributed by atoms with Crippen LogP contribution in [0.2, 0.25) is 0 Å². The number of hydrogen-bond acceptors (Lipinski definition) is 5. The van der Waals surface area contributed by atoms with Crippen molar-refractivity contribution in [3.8, 4) is 34.0 Å². The average Bonchev–Trinajstić information content (AvgIpc) is 2.89. The molecule has 0 unspecified atom stereocenters. The van der Waals surface area contributed by atoms with Gasteiger partial charge in [-0.1, -0.05) is 6.92 Å². The van der Waals surface area contributed by atoms with Crippen molar-refractivity contribution >= 4 is 16.9 Å². The molecule has 4 aromatic rings. The zero-order valence-electron chi connectivity index (χ0n) is 20.7. The summed E-state index contributed by atoms with van der Waals surface area (Å²) < 4.78 is 11.2. The van der Waals surface area contributed by atoms with Crippen LogP contribution >= 0.6 is 0 Å². The summed E-state index contributed by atoms with van der Waals surface area (Å²) in [6, 6.07) is 21.3. The molecule has 1 N–H and O–H groups in total. The van der Waals surface area contributed by atoms with Gasteiger partial charge in [0.1, 0.15) is 11.5 Å². The van der Waals surface area contributed by atoms with Gasteiger partial charge in [0.15, 0.2) is 0 Å². The zero-order valence-corrected chi connectivity index (χ0v) is 20.7. The van der Waals surface area contributed by atoms with Crippen LogP contribution in [0.1, 0.15) is 44.5 Å². The Labute approximate surface area is 206 Å². The second kappa shape index (κ2) is 11.0. The highest BCUT2D eigenvalue weighted by molar-refractivity contribution is 5.98. The molecule has 0 spiro atoms. The van der Waals surface area contributed by atoms with Crippen molar-refractivity contribution in [2.24, 2.45) is 0 Å². The molecule has 0 aliphatic heterocycles. The summed E-state index contributed by atoms with van der Waals surface area (Å²) >= 11 is 0. The number of rotatable bonds is 9. The molecule has 6 nitrogen and oxygen atoms in total. The minimum atomic E-state index is -0.110. The van der Waals surface area contributed by atoms with E-state index in [1.807, 2.05) is 82.3 Å². The third-order valence-corrected chi connectivity index (χ3v) is 5.79. The number of carbonyl (C=O) groups excluding carboxylic acids is 1. The Morgan fingerprint density at radius 1 is 0.771 bits per heavy atom. The molecule has 1 atom stereocenters. The highest BCUT2D eigenvalue weighted by Gasteiger charge is 2.16. The molecule has 0 fully saturated rings. The van der Waals surface area contributed by atoms with Gasteiger partial charge < -0.3 is 14.8 Å². The van der Waals surface area contributed by atoms with Crippen molar-refractivity contribution in [1.82, 2.24) is 15.3 Å². The maximum absolute atomic E-state index is 12.7. The third-order valence-electron chi connectivity index (χ3n) is 5.79. The molecule has 0 saturated carbocycles. The van der Waals surface area contributed by atoms with Gasteiger partial charge in [-0.25, -0.2) is 9.97 Å². The molecule has 3 aromatic carbocycles. The molecular weight excluding hydrogens is 438 g/mol. The molecule has 0 saturated heterocycles. The first kappa shape index (κ1) is 24.2. The lowest BCUT2D eigenvalue weighted by Crippen LogP contribution is -2.31. The fourth-order valence-electron chi connectivity index (χ4n) is 3.76. The van der Waals surface area contributed by atoms with Crippen LogP contribution in [0.25, 0.3) is 33.5 Å². The molecule has 35 heavy (non-hydrogen) atoms. The topological polar surface area (TPSA) is 73.3 Å². The Morgan fingerprint density at radius 3 is 1.77 bits per heavy atom. The van der Waals surface area contributed by atoms with Crippen molar-refractivity contribution in [2.75, 3.05) is 13.2 Å². The molecule has 0 aliphatic carbocycles. The lowest BCUT2D eigenvalue weighted by molar-refractivity contribution is 0.0939. The highest BCUT2D eigenvalue weighted by Crippen LogP contribution is 2.33. The van der Waals surface area contributed by atoms with E-state index < -0.39 is 0 Å². The molecule has 1 aromatic heterocycles. The van der Waals surface area contributed by atoms with Crippen LogP contribution in [-0.4, -0.2) is 35.1 Å². The summed E-state index contributed by atoms with van der Waals surface area (Å²) in [6.45, 7) is 9.17. The van der Waals surface area contributed by atoms with Crippen LogP contribution in [0.5, 0.6) is 11.5 Å². The number of amides is 1. The van der Waals surface area contributed by atoms with Crippen LogP contribution < -0.4 is 14.8 Å². The average molecular weight is 470 g/mol. The van der Waals surface area contributed by atoms with E-state index in [0.717, 1.165) is 46.0 Å². The fourth-order valence-corrected chi connectivity index (χ4v) is 3.76. The molecule has 0 aliphatic rings. The predicted molar refractivity (Wildman–Crippen MR) is 140 cm³/mol. The Kier molecular flexibility index (Phi) is 7.60. The van der Waals surface area contributed by atoms with Gasteiger partial charge in [-0.3, -0.25) is 4.79 Å². The molecule has 180 valence electrons. The van der Waals surface area contributed by atoms with E-state index in [0.29, 0.717) is 24.3 Å². The first-order chi connectivity index (χ1) is 17.0. The van der Waals surface area contributed by atoms with Crippen molar-refractivity contribution in [1.29, 1.82) is 0 Å². The van der Waals surface area contributed by atoms with E-state index in [2.05, 4.69) is 5.32 Å². The zero-order chi connectivity index (χ0) is 24.8. The van der Waals surface area contributed by atoms with Gasteiger partial charge in [0, 0.05) is 22.7 Å². The van der Waals surface area contributed by atoms with E-state index in [1.165, 1.54) is 0 Å². The van der Waals surface area contributed by atoms with Crippen molar-refractivity contribution in [2.45, 2.75) is 40.2 Å². The first-order valence-corrected chi connectivity index (χ1v) is 12.1. The molecule has 0 radical (unpaired) electrons. The standard InChI is InChI=1S/C29H31N3O3/c1-5-19(4)30-29(33)22-12-17-25-26(18-22)32-28(21-10-15-24(16-11-21)35-7-3)27(31-25)20-8-13-23(14-9-20)34-6-2/h8-19H,5-7H2,1-4H3,(H,30,33)/t19-/m0/s1. The van der Waals surface area contributed by atoms with E-state index in [4.69, 9.17) is 19.4 Å². The van der Waals surface area contributed by atoms with Crippen LogP contribution in [0.4, 0.5) is 0 Å². The monoisotopic (exact) mass is 469 g/mol. The predicted octanol–water partition coefficient (Wildman–Crippen LogP) is 6.29. The van der Waals surface area contributed by atoms with Gasteiger partial charge in [0.05, 0.1) is 35.6 Å². The highest BCUT2D eigenvalue weighted by atomic mass is 16.5. The molecule has 6 heteroatoms. The first-order valence-electron chi connectivity index (χ1n) is 12.1. The summed E-state index contributed by atoms with van der Waals surface area (Å²) in [6.07, 6.45) is 0.868. The summed E-state index contributed by atoms with van der Waals surface area (Å²) in [7, 11) is 0. The van der Waals surface area contributed by atoms with Gasteiger partial charge in [-0.15, -0.1) is 0 Å². The van der Waals surface area contributed by atoms with Crippen LogP contribution in [0.3, 0.4) is 0 Å². The lowest BCUT2D eigenvalue weighted by atomic mass is 10.0. The van der Waals surface area contributed by atoms with E-state index in [9.17, 15) is 4.79 Å². The Hall–Kier alpha value is -3.93. The maximum Gasteiger partial charge on any atom is 0.251 e. The minimum absolute atomic E-state index is 0.103. The van der Waals surface area contributed by atoms with Crippen LogP contribution in [-0.2, 0) is 0 Å². The number of hydrogen-bond donors (Lipinski definition) is 1. The summed E-state index contributed by atoms with van der Waals surface area (Å²) in [5, 5.41) is 3.01. The van der Waals surface area contributed by atoms with Crippen molar-refractivity contribution in [3.05, 3.63) is 72.3 Å². The minimum Gasteiger partial charge on any atom is -0.494 e. The van der Waals surface area contributed by atoms with Gasteiger partial charge in [0.2, 0.25) is 0 Å². The van der Waals surface area contributed by atoms with Crippen LogP contribution in [0.15, 0.2) is 66.7 Å². The van der Waals surface area contributed by atoms with E-state index in [-0.39, 0.29) is 11.9 Å².